The summed E-state index contributed by atoms with van der Waals surface area (Å²) in [4.78, 5) is 17.8. The third-order valence-corrected chi connectivity index (χ3v) is 6.02. The average molecular weight is 499 g/mol. The second-order valence-electron chi connectivity index (χ2n) is 8.47. The van der Waals surface area contributed by atoms with E-state index in [1.165, 1.54) is 11.9 Å². The van der Waals surface area contributed by atoms with E-state index in [0.29, 0.717) is 38.3 Å². The number of halogens is 6. The predicted molar refractivity (Wildman–Crippen MR) is 113 cm³/mol. The minimum atomic E-state index is -4.91. The summed E-state index contributed by atoms with van der Waals surface area (Å²) in [6.07, 6.45) is -8.46. The SMILES string of the molecule is CN(CCc1cc(C(F)(F)F)cc(C(F)(F)F)c1)C(=O)CN1CCC(N(CCO)CCO)CC1. The summed E-state index contributed by atoms with van der Waals surface area (Å²) in [5.41, 5.74) is -2.88. The van der Waals surface area contributed by atoms with E-state index in [-0.39, 0.29) is 56.3 Å². The highest BCUT2D eigenvalue weighted by Crippen LogP contribution is 2.36. The molecular weight excluding hydrogens is 468 g/mol. The minimum Gasteiger partial charge on any atom is -0.395 e. The van der Waals surface area contributed by atoms with Crippen LogP contribution < -0.4 is 0 Å². The molecule has 0 atom stereocenters. The lowest BCUT2D eigenvalue weighted by atomic mass is 10.0. The average Bonchev–Trinajstić information content (AvgIpc) is 2.76. The molecule has 1 amide bonds. The molecule has 1 aromatic carbocycles. The number of aliphatic hydroxyl groups excluding tert-OH is 2. The molecule has 0 aromatic heterocycles. The molecule has 2 rings (SSSR count). The van der Waals surface area contributed by atoms with Crippen LogP contribution in [-0.2, 0) is 23.6 Å². The lowest BCUT2D eigenvalue weighted by Crippen LogP contribution is -2.49. The smallest absolute Gasteiger partial charge is 0.395 e. The first-order chi connectivity index (χ1) is 15.8. The third kappa shape index (κ3) is 8.40. The zero-order valence-electron chi connectivity index (χ0n) is 19.0. The van der Waals surface area contributed by atoms with Crippen molar-refractivity contribution in [1.82, 2.24) is 14.7 Å². The van der Waals surface area contributed by atoms with Gasteiger partial charge in [0.2, 0.25) is 5.91 Å². The van der Waals surface area contributed by atoms with Crippen molar-refractivity contribution in [3.05, 3.63) is 34.9 Å². The maximum atomic E-state index is 13.0. The number of likely N-dealkylation sites (tertiary alicyclic amines) is 1. The molecule has 12 heteroatoms. The fourth-order valence-electron chi connectivity index (χ4n) is 4.07. The van der Waals surface area contributed by atoms with E-state index >= 15 is 0 Å². The Hall–Kier alpha value is -1.89. The van der Waals surface area contributed by atoms with Gasteiger partial charge in [0.25, 0.3) is 0 Å². The summed E-state index contributed by atoms with van der Waals surface area (Å²) in [6.45, 7) is 2.21. The molecular formula is C22H31F6N3O3. The number of aliphatic hydroxyl groups is 2. The summed E-state index contributed by atoms with van der Waals surface area (Å²) in [7, 11) is 1.47. The van der Waals surface area contributed by atoms with Crippen molar-refractivity contribution >= 4 is 5.91 Å². The summed E-state index contributed by atoms with van der Waals surface area (Å²) in [6, 6.07) is 1.64. The number of alkyl halides is 6. The molecule has 0 spiro atoms. The predicted octanol–water partition coefficient (Wildman–Crippen LogP) is 2.48. The van der Waals surface area contributed by atoms with E-state index in [4.69, 9.17) is 0 Å². The van der Waals surface area contributed by atoms with Gasteiger partial charge in [-0.2, -0.15) is 26.3 Å². The van der Waals surface area contributed by atoms with Crippen LogP contribution in [0.2, 0.25) is 0 Å². The highest BCUT2D eigenvalue weighted by atomic mass is 19.4. The Labute approximate surface area is 194 Å². The van der Waals surface area contributed by atoms with Gasteiger partial charge in [0.1, 0.15) is 0 Å². The Bertz CT molecular complexity index is 757. The Kier molecular flexibility index (Phi) is 10.2. The normalized spacial score (nSPS) is 16.3. The van der Waals surface area contributed by atoms with Gasteiger partial charge in [0.15, 0.2) is 0 Å². The second-order valence-corrected chi connectivity index (χ2v) is 8.47. The molecule has 0 bridgehead atoms. The molecule has 1 aliphatic heterocycles. The van der Waals surface area contributed by atoms with Gasteiger partial charge in [-0.05, 0) is 43.0 Å². The third-order valence-electron chi connectivity index (χ3n) is 6.02. The number of rotatable bonds is 10. The largest absolute Gasteiger partial charge is 0.416 e. The lowest BCUT2D eigenvalue weighted by molar-refractivity contribution is -0.143. The van der Waals surface area contributed by atoms with Crippen LogP contribution in [0.5, 0.6) is 0 Å². The molecule has 1 saturated heterocycles. The number of benzene rings is 1. The molecule has 1 heterocycles. The monoisotopic (exact) mass is 499 g/mol. The van der Waals surface area contributed by atoms with Crippen LogP contribution in [0, 0.1) is 0 Å². The molecule has 6 nitrogen and oxygen atoms in total. The van der Waals surface area contributed by atoms with Crippen LogP contribution in [0.1, 0.15) is 29.5 Å². The molecule has 0 unspecified atom stereocenters. The van der Waals surface area contributed by atoms with E-state index in [1.807, 2.05) is 9.80 Å². The van der Waals surface area contributed by atoms with Gasteiger partial charge in [-0.3, -0.25) is 14.6 Å². The number of carbonyl (C=O) groups excluding carboxylic acids is 1. The number of likely N-dealkylation sites (N-methyl/N-ethyl adjacent to an activating group) is 1. The lowest BCUT2D eigenvalue weighted by Gasteiger charge is -2.38. The first-order valence-electron chi connectivity index (χ1n) is 11.1. The van der Waals surface area contributed by atoms with Crippen LogP contribution in [0.4, 0.5) is 26.3 Å². The number of amides is 1. The number of nitrogens with zero attached hydrogens (tertiary/aromatic N) is 3. The van der Waals surface area contributed by atoms with Gasteiger partial charge in [0.05, 0.1) is 30.9 Å². The summed E-state index contributed by atoms with van der Waals surface area (Å²) in [5, 5.41) is 18.3. The van der Waals surface area contributed by atoms with Gasteiger partial charge >= 0.3 is 12.4 Å². The van der Waals surface area contributed by atoms with Gasteiger partial charge < -0.3 is 15.1 Å². The quantitative estimate of drug-likeness (QED) is 0.485. The van der Waals surface area contributed by atoms with Gasteiger partial charge in [-0.15, -0.1) is 0 Å². The second kappa shape index (κ2) is 12.2. The summed E-state index contributed by atoms with van der Waals surface area (Å²) < 4.78 is 78.1. The standard InChI is InChI=1S/C22H31F6N3O3/c1-29(5-2-16-12-17(21(23,24)25)14-18(13-16)22(26,27)28)20(34)15-30-6-3-19(4-7-30)31(8-10-32)9-11-33/h12-14,19,32-33H,2-11,15H2,1H3. The Morgan fingerprint density at radius 3 is 1.88 bits per heavy atom. The van der Waals surface area contributed by atoms with Crippen LogP contribution in [-0.4, -0.2) is 96.4 Å². The molecule has 1 fully saturated rings. The van der Waals surface area contributed by atoms with Crippen molar-refractivity contribution < 1.29 is 41.4 Å². The van der Waals surface area contributed by atoms with E-state index in [1.54, 1.807) is 0 Å². The number of hydrogen-bond acceptors (Lipinski definition) is 5. The van der Waals surface area contributed by atoms with Gasteiger partial charge in [-0.1, -0.05) is 0 Å². The number of carbonyl (C=O) groups is 1. The molecule has 34 heavy (non-hydrogen) atoms. The van der Waals surface area contributed by atoms with Crippen molar-refractivity contribution in [1.29, 1.82) is 0 Å². The number of piperidine rings is 1. The molecule has 194 valence electrons. The molecule has 1 aliphatic rings. The maximum Gasteiger partial charge on any atom is 0.416 e. The van der Waals surface area contributed by atoms with E-state index < -0.39 is 23.5 Å². The van der Waals surface area contributed by atoms with E-state index in [2.05, 4.69) is 0 Å². The van der Waals surface area contributed by atoms with E-state index in [9.17, 15) is 41.4 Å². The van der Waals surface area contributed by atoms with Gasteiger partial charge in [-0.25, -0.2) is 0 Å². The fraction of sp³-hybridized carbons (Fsp3) is 0.682. The van der Waals surface area contributed by atoms with Crippen molar-refractivity contribution in [2.45, 2.75) is 37.7 Å². The fourth-order valence-corrected chi connectivity index (χ4v) is 4.07. The van der Waals surface area contributed by atoms with E-state index in [0.717, 1.165) is 12.8 Å². The Morgan fingerprint density at radius 2 is 1.44 bits per heavy atom. The molecule has 0 aliphatic carbocycles. The first kappa shape index (κ1) is 28.3. The Morgan fingerprint density at radius 1 is 0.941 bits per heavy atom. The molecule has 2 N–H and O–H groups in total. The first-order valence-corrected chi connectivity index (χ1v) is 11.1. The van der Waals surface area contributed by atoms with Gasteiger partial charge in [0, 0.05) is 45.8 Å². The van der Waals surface area contributed by atoms with Crippen molar-refractivity contribution in [2.24, 2.45) is 0 Å². The summed E-state index contributed by atoms with van der Waals surface area (Å²) in [5.74, 6) is -0.274. The van der Waals surface area contributed by atoms with Crippen LogP contribution in [0.15, 0.2) is 18.2 Å². The summed E-state index contributed by atoms with van der Waals surface area (Å²) >= 11 is 0. The Balaban J connectivity index is 1.91. The zero-order chi connectivity index (χ0) is 25.5. The molecule has 0 radical (unpaired) electrons. The molecule has 0 saturated carbocycles. The minimum absolute atomic E-state index is 0.0141. The molecule has 1 aromatic rings. The van der Waals surface area contributed by atoms with Crippen molar-refractivity contribution in [2.75, 3.05) is 59.5 Å². The number of hydrogen-bond donors (Lipinski definition) is 2. The maximum absolute atomic E-state index is 13.0. The topological polar surface area (TPSA) is 67.3 Å². The van der Waals surface area contributed by atoms with Crippen LogP contribution in [0.3, 0.4) is 0 Å². The van der Waals surface area contributed by atoms with Crippen LogP contribution in [0.25, 0.3) is 0 Å². The highest BCUT2D eigenvalue weighted by molar-refractivity contribution is 5.78. The van der Waals surface area contributed by atoms with Crippen LogP contribution >= 0.6 is 0 Å². The highest BCUT2D eigenvalue weighted by Gasteiger charge is 2.37. The van der Waals surface area contributed by atoms with Crippen molar-refractivity contribution in [3.8, 4) is 0 Å². The zero-order valence-corrected chi connectivity index (χ0v) is 19.0. The van der Waals surface area contributed by atoms with Crippen molar-refractivity contribution in [3.63, 3.8) is 0 Å².